The molecule has 0 unspecified atom stereocenters. The Kier molecular flexibility index (Phi) is 5.77. The van der Waals surface area contributed by atoms with E-state index in [0.717, 1.165) is 16.0 Å². The van der Waals surface area contributed by atoms with Gasteiger partial charge < -0.3 is 4.90 Å². The summed E-state index contributed by atoms with van der Waals surface area (Å²) in [5.74, 6) is 0.0857. The number of hydrogen-bond acceptors (Lipinski definition) is 4. The molecular weight excluding hydrogens is 378 g/mol. The lowest BCUT2D eigenvalue weighted by Gasteiger charge is -2.27. The molecule has 1 aliphatic rings. The molecule has 4 nitrogen and oxygen atoms in total. The molecule has 1 amide bonds. The van der Waals surface area contributed by atoms with Gasteiger partial charge in [0.1, 0.15) is 0 Å². The number of hydrogen-bond donors (Lipinski definition) is 0. The molecule has 1 heterocycles. The third-order valence-corrected chi connectivity index (χ3v) is 7.19. The molecule has 0 saturated heterocycles. The standard InChI is InChI=1S/C21H23NO3S2/c1-15-11-16(2)21(17(3)12-15)26-13-20(23)22(18-7-5-4-6-8-18)19-9-10-27(24,25)14-19/h4-12,19H,13-14H2,1-3H3/t19-/m0/s1. The van der Waals surface area contributed by atoms with Crippen LogP contribution in [0.4, 0.5) is 5.69 Å². The van der Waals surface area contributed by atoms with Gasteiger partial charge in [0.05, 0.1) is 17.5 Å². The maximum atomic E-state index is 13.1. The summed E-state index contributed by atoms with van der Waals surface area (Å²) < 4.78 is 23.7. The van der Waals surface area contributed by atoms with E-state index >= 15 is 0 Å². The van der Waals surface area contributed by atoms with Gasteiger partial charge in [0.15, 0.2) is 9.84 Å². The molecule has 0 aliphatic carbocycles. The zero-order chi connectivity index (χ0) is 19.6. The van der Waals surface area contributed by atoms with Crippen LogP contribution in [0, 0.1) is 20.8 Å². The molecule has 1 atom stereocenters. The Morgan fingerprint density at radius 1 is 1.11 bits per heavy atom. The average molecular weight is 402 g/mol. The van der Waals surface area contributed by atoms with Crippen molar-refractivity contribution in [1.82, 2.24) is 0 Å². The summed E-state index contributed by atoms with van der Waals surface area (Å²) in [4.78, 5) is 15.8. The molecule has 2 aromatic carbocycles. The largest absolute Gasteiger partial charge is 0.304 e. The van der Waals surface area contributed by atoms with Crippen LogP contribution in [0.3, 0.4) is 0 Å². The molecule has 0 radical (unpaired) electrons. The minimum Gasteiger partial charge on any atom is -0.304 e. The molecule has 6 heteroatoms. The van der Waals surface area contributed by atoms with Crippen LogP contribution in [0.25, 0.3) is 0 Å². The number of sulfone groups is 1. The number of benzene rings is 2. The van der Waals surface area contributed by atoms with Crippen molar-refractivity contribution in [2.45, 2.75) is 31.7 Å². The van der Waals surface area contributed by atoms with Gasteiger partial charge in [-0.1, -0.05) is 35.9 Å². The van der Waals surface area contributed by atoms with E-state index in [4.69, 9.17) is 0 Å². The minimum atomic E-state index is -3.25. The fraction of sp³-hybridized carbons (Fsp3) is 0.286. The SMILES string of the molecule is Cc1cc(C)c(SCC(=O)N(c2ccccc2)[C@H]2C=CS(=O)(=O)C2)c(C)c1. The predicted octanol–water partition coefficient (Wildman–Crippen LogP) is 4.05. The van der Waals surface area contributed by atoms with Gasteiger partial charge in [0.2, 0.25) is 5.91 Å². The van der Waals surface area contributed by atoms with E-state index in [1.54, 1.807) is 11.0 Å². The van der Waals surface area contributed by atoms with Crippen LogP contribution in [0.15, 0.2) is 58.8 Å². The third kappa shape index (κ3) is 4.62. The highest BCUT2D eigenvalue weighted by atomic mass is 32.2. The van der Waals surface area contributed by atoms with Gasteiger partial charge in [-0.25, -0.2) is 8.42 Å². The highest BCUT2D eigenvalue weighted by molar-refractivity contribution is 8.00. The molecule has 3 rings (SSSR count). The van der Waals surface area contributed by atoms with Gasteiger partial charge in [-0.3, -0.25) is 4.79 Å². The molecular formula is C21H23NO3S2. The first kappa shape index (κ1) is 19.7. The number of carbonyl (C=O) groups excluding carboxylic acids is 1. The summed E-state index contributed by atoms with van der Waals surface area (Å²) >= 11 is 1.51. The topological polar surface area (TPSA) is 54.5 Å². The second kappa shape index (κ2) is 7.90. The molecule has 0 saturated carbocycles. The Labute approximate surface area is 165 Å². The summed E-state index contributed by atoms with van der Waals surface area (Å²) in [7, 11) is -3.25. The highest BCUT2D eigenvalue weighted by Gasteiger charge is 2.31. The Morgan fingerprint density at radius 3 is 2.30 bits per heavy atom. The molecule has 0 spiro atoms. The molecule has 27 heavy (non-hydrogen) atoms. The van der Waals surface area contributed by atoms with E-state index in [1.807, 2.05) is 44.2 Å². The number of nitrogens with zero attached hydrogens (tertiary/aromatic N) is 1. The summed E-state index contributed by atoms with van der Waals surface area (Å²) in [5.41, 5.74) is 4.22. The Morgan fingerprint density at radius 2 is 1.74 bits per heavy atom. The number of aryl methyl sites for hydroxylation is 3. The summed E-state index contributed by atoms with van der Waals surface area (Å²) in [5, 5.41) is 1.21. The zero-order valence-corrected chi connectivity index (χ0v) is 17.3. The first-order chi connectivity index (χ1) is 12.8. The van der Waals surface area contributed by atoms with Crippen molar-refractivity contribution in [1.29, 1.82) is 0 Å². The summed E-state index contributed by atoms with van der Waals surface area (Å²) in [6.45, 7) is 6.16. The Hall–Kier alpha value is -2.05. The highest BCUT2D eigenvalue weighted by Crippen LogP contribution is 2.29. The van der Waals surface area contributed by atoms with Crippen molar-refractivity contribution >= 4 is 33.2 Å². The van der Waals surface area contributed by atoms with E-state index in [0.29, 0.717) is 5.69 Å². The van der Waals surface area contributed by atoms with Crippen molar-refractivity contribution in [2.24, 2.45) is 0 Å². The molecule has 0 fully saturated rings. The van der Waals surface area contributed by atoms with E-state index < -0.39 is 15.9 Å². The average Bonchev–Trinajstić information content (AvgIpc) is 2.94. The smallest absolute Gasteiger partial charge is 0.237 e. The quantitative estimate of drug-likeness (QED) is 0.710. The number of amides is 1. The van der Waals surface area contributed by atoms with Gasteiger partial charge >= 0.3 is 0 Å². The monoisotopic (exact) mass is 401 g/mol. The van der Waals surface area contributed by atoms with Crippen molar-refractivity contribution in [3.63, 3.8) is 0 Å². The lowest BCUT2D eigenvalue weighted by Crippen LogP contribution is -2.42. The van der Waals surface area contributed by atoms with Crippen molar-refractivity contribution in [3.8, 4) is 0 Å². The number of carbonyl (C=O) groups is 1. The van der Waals surface area contributed by atoms with Gasteiger partial charge in [0.25, 0.3) is 0 Å². The van der Waals surface area contributed by atoms with Crippen LogP contribution in [0.2, 0.25) is 0 Å². The van der Waals surface area contributed by atoms with E-state index in [-0.39, 0.29) is 17.4 Å². The normalized spacial score (nSPS) is 17.8. The second-order valence-corrected chi connectivity index (χ2v) is 9.76. The summed E-state index contributed by atoms with van der Waals surface area (Å²) in [6.07, 6.45) is 1.60. The van der Waals surface area contributed by atoms with Crippen LogP contribution in [-0.4, -0.2) is 31.9 Å². The summed E-state index contributed by atoms with van der Waals surface area (Å²) in [6, 6.07) is 13.0. The Bertz CT molecular complexity index is 959. The number of anilines is 1. The number of thioether (sulfide) groups is 1. The first-order valence-electron chi connectivity index (χ1n) is 8.75. The van der Waals surface area contributed by atoms with Crippen molar-refractivity contribution < 1.29 is 13.2 Å². The molecule has 1 aliphatic heterocycles. The predicted molar refractivity (Wildman–Crippen MR) is 112 cm³/mol. The van der Waals surface area contributed by atoms with E-state index in [9.17, 15) is 13.2 Å². The van der Waals surface area contributed by atoms with Crippen molar-refractivity contribution in [3.05, 3.63) is 70.6 Å². The molecule has 0 N–H and O–H groups in total. The molecule has 0 aromatic heterocycles. The lowest BCUT2D eigenvalue weighted by atomic mass is 10.1. The Balaban J connectivity index is 1.83. The van der Waals surface area contributed by atoms with Gasteiger partial charge in [-0.05, 0) is 50.1 Å². The minimum absolute atomic E-state index is 0.0686. The maximum absolute atomic E-state index is 13.1. The molecule has 142 valence electrons. The fourth-order valence-corrected chi connectivity index (χ4v) is 5.68. The zero-order valence-electron chi connectivity index (χ0n) is 15.7. The lowest BCUT2D eigenvalue weighted by molar-refractivity contribution is -0.116. The van der Waals surface area contributed by atoms with Crippen LogP contribution in [0.5, 0.6) is 0 Å². The second-order valence-electron chi connectivity index (χ2n) is 6.84. The first-order valence-corrected chi connectivity index (χ1v) is 11.5. The van der Waals surface area contributed by atoms with Gasteiger partial charge in [0, 0.05) is 16.0 Å². The van der Waals surface area contributed by atoms with Crippen LogP contribution >= 0.6 is 11.8 Å². The van der Waals surface area contributed by atoms with E-state index in [2.05, 4.69) is 19.1 Å². The number of rotatable bonds is 5. The number of para-hydroxylation sites is 1. The van der Waals surface area contributed by atoms with Crippen LogP contribution in [-0.2, 0) is 14.6 Å². The van der Waals surface area contributed by atoms with Gasteiger partial charge in [-0.2, -0.15) is 0 Å². The van der Waals surface area contributed by atoms with Crippen molar-refractivity contribution in [2.75, 3.05) is 16.4 Å². The third-order valence-electron chi connectivity index (χ3n) is 4.49. The molecule has 2 aromatic rings. The fourth-order valence-electron chi connectivity index (χ4n) is 3.43. The van der Waals surface area contributed by atoms with Gasteiger partial charge in [-0.15, -0.1) is 11.8 Å². The maximum Gasteiger partial charge on any atom is 0.237 e. The van der Waals surface area contributed by atoms with Crippen LogP contribution < -0.4 is 4.90 Å². The van der Waals surface area contributed by atoms with E-state index in [1.165, 1.54) is 22.7 Å². The molecule has 0 bridgehead atoms. The van der Waals surface area contributed by atoms with Crippen LogP contribution in [0.1, 0.15) is 16.7 Å².